The van der Waals surface area contributed by atoms with E-state index in [1.54, 1.807) is 0 Å². The number of carbonyl (C=O) groups excluding carboxylic acids is 1. The standard InChI is InChI=1S/C15H31N3O2/c1-3-20-13-5-9-17-15(19)16-8-4-10-18-11-6-14(2)7-12-18/h14H,3-13H2,1-2H3,(H2,16,17,19). The van der Waals surface area contributed by atoms with Gasteiger partial charge in [0.2, 0.25) is 0 Å². The van der Waals surface area contributed by atoms with Crippen molar-refractivity contribution in [3.8, 4) is 0 Å². The predicted octanol–water partition coefficient (Wildman–Crippen LogP) is 1.83. The largest absolute Gasteiger partial charge is 0.382 e. The van der Waals surface area contributed by atoms with E-state index >= 15 is 0 Å². The van der Waals surface area contributed by atoms with E-state index in [9.17, 15) is 4.79 Å². The fourth-order valence-electron chi connectivity index (χ4n) is 2.37. The van der Waals surface area contributed by atoms with Crippen LogP contribution in [0.3, 0.4) is 0 Å². The number of hydrogen-bond donors (Lipinski definition) is 2. The van der Waals surface area contributed by atoms with Gasteiger partial charge in [-0.3, -0.25) is 0 Å². The van der Waals surface area contributed by atoms with Gasteiger partial charge in [0.25, 0.3) is 0 Å². The molecule has 0 spiro atoms. The molecule has 0 aromatic carbocycles. The number of likely N-dealkylation sites (tertiary alicyclic amines) is 1. The molecule has 5 heteroatoms. The second-order valence-electron chi connectivity index (χ2n) is 5.61. The number of ether oxygens (including phenoxy) is 1. The van der Waals surface area contributed by atoms with E-state index < -0.39 is 0 Å². The van der Waals surface area contributed by atoms with Crippen LogP contribution in [-0.4, -0.2) is 56.9 Å². The van der Waals surface area contributed by atoms with Crippen LogP contribution < -0.4 is 10.6 Å². The number of nitrogens with zero attached hydrogens (tertiary/aromatic N) is 1. The molecule has 0 radical (unpaired) electrons. The van der Waals surface area contributed by atoms with Gasteiger partial charge in [-0.2, -0.15) is 0 Å². The Balaban J connectivity index is 1.89. The van der Waals surface area contributed by atoms with Crippen LogP contribution in [0.2, 0.25) is 0 Å². The summed E-state index contributed by atoms with van der Waals surface area (Å²) < 4.78 is 5.21. The number of nitrogens with one attached hydrogen (secondary N) is 2. The average molecular weight is 285 g/mol. The minimum absolute atomic E-state index is 0.0613. The predicted molar refractivity (Wildman–Crippen MR) is 82.0 cm³/mol. The first kappa shape index (κ1) is 17.2. The zero-order valence-electron chi connectivity index (χ0n) is 13.1. The van der Waals surface area contributed by atoms with Crippen LogP contribution in [0, 0.1) is 5.92 Å². The van der Waals surface area contributed by atoms with Crippen LogP contribution in [0.15, 0.2) is 0 Å². The Labute approximate surface area is 123 Å². The molecule has 1 saturated heterocycles. The molecular weight excluding hydrogens is 254 g/mol. The normalized spacial score (nSPS) is 17.1. The maximum absolute atomic E-state index is 11.5. The SMILES string of the molecule is CCOCCCNC(=O)NCCCN1CCC(C)CC1. The van der Waals surface area contributed by atoms with Crippen molar-refractivity contribution in [1.29, 1.82) is 0 Å². The Morgan fingerprint density at radius 1 is 1.20 bits per heavy atom. The summed E-state index contributed by atoms with van der Waals surface area (Å²) in [6.45, 7) is 10.7. The number of amides is 2. The number of carbonyl (C=O) groups is 1. The molecule has 0 aliphatic carbocycles. The van der Waals surface area contributed by atoms with E-state index in [4.69, 9.17) is 4.74 Å². The van der Waals surface area contributed by atoms with Gasteiger partial charge in [-0.25, -0.2) is 4.79 Å². The molecule has 0 aromatic rings. The lowest BCUT2D eigenvalue weighted by atomic mass is 9.99. The maximum Gasteiger partial charge on any atom is 0.314 e. The molecule has 2 N–H and O–H groups in total. The van der Waals surface area contributed by atoms with Crippen LogP contribution in [-0.2, 0) is 4.74 Å². The van der Waals surface area contributed by atoms with Crippen LogP contribution in [0.5, 0.6) is 0 Å². The molecule has 20 heavy (non-hydrogen) atoms. The minimum Gasteiger partial charge on any atom is -0.382 e. The number of piperidine rings is 1. The highest BCUT2D eigenvalue weighted by Gasteiger charge is 2.14. The summed E-state index contributed by atoms with van der Waals surface area (Å²) in [6.07, 6.45) is 4.52. The Kier molecular flexibility index (Phi) is 9.41. The third-order valence-corrected chi connectivity index (χ3v) is 3.77. The molecule has 1 aliphatic rings. The number of urea groups is 1. The summed E-state index contributed by atoms with van der Waals surface area (Å²) in [6, 6.07) is -0.0613. The third kappa shape index (κ3) is 8.38. The van der Waals surface area contributed by atoms with Gasteiger partial charge in [0.1, 0.15) is 0 Å². The van der Waals surface area contributed by atoms with Gasteiger partial charge < -0.3 is 20.3 Å². The summed E-state index contributed by atoms with van der Waals surface area (Å²) >= 11 is 0. The highest BCUT2D eigenvalue weighted by atomic mass is 16.5. The monoisotopic (exact) mass is 285 g/mol. The van der Waals surface area contributed by atoms with E-state index in [1.165, 1.54) is 25.9 Å². The highest BCUT2D eigenvalue weighted by Crippen LogP contribution is 2.15. The Hall–Kier alpha value is -0.810. The molecule has 0 aromatic heterocycles. The highest BCUT2D eigenvalue weighted by molar-refractivity contribution is 5.73. The summed E-state index contributed by atoms with van der Waals surface area (Å²) in [5.74, 6) is 0.881. The van der Waals surface area contributed by atoms with Gasteiger partial charge in [-0.1, -0.05) is 6.92 Å². The molecule has 0 unspecified atom stereocenters. The minimum atomic E-state index is -0.0613. The lowest BCUT2D eigenvalue weighted by molar-refractivity contribution is 0.145. The van der Waals surface area contributed by atoms with E-state index in [2.05, 4.69) is 22.5 Å². The zero-order chi connectivity index (χ0) is 14.6. The maximum atomic E-state index is 11.5. The van der Waals surface area contributed by atoms with Crippen molar-refractivity contribution in [3.63, 3.8) is 0 Å². The number of rotatable bonds is 9. The molecule has 1 heterocycles. The van der Waals surface area contributed by atoms with E-state index in [0.717, 1.165) is 38.5 Å². The van der Waals surface area contributed by atoms with Crippen LogP contribution >= 0.6 is 0 Å². The van der Waals surface area contributed by atoms with Crippen LogP contribution in [0.1, 0.15) is 39.5 Å². The fourth-order valence-corrected chi connectivity index (χ4v) is 2.37. The zero-order valence-corrected chi connectivity index (χ0v) is 13.1. The van der Waals surface area contributed by atoms with Crippen LogP contribution in [0.25, 0.3) is 0 Å². The molecule has 2 amide bonds. The van der Waals surface area contributed by atoms with Gasteiger partial charge in [0, 0.05) is 26.3 Å². The molecule has 0 bridgehead atoms. The molecule has 1 aliphatic heterocycles. The van der Waals surface area contributed by atoms with Crippen molar-refractivity contribution in [2.75, 3.05) is 45.9 Å². The summed E-state index contributed by atoms with van der Waals surface area (Å²) in [7, 11) is 0. The van der Waals surface area contributed by atoms with E-state index in [1.807, 2.05) is 6.92 Å². The molecule has 118 valence electrons. The van der Waals surface area contributed by atoms with Gasteiger partial charge in [-0.15, -0.1) is 0 Å². The van der Waals surface area contributed by atoms with Crippen LogP contribution in [0.4, 0.5) is 4.79 Å². The third-order valence-electron chi connectivity index (χ3n) is 3.77. The quantitative estimate of drug-likeness (QED) is 0.636. The summed E-state index contributed by atoms with van der Waals surface area (Å²) in [5.41, 5.74) is 0. The summed E-state index contributed by atoms with van der Waals surface area (Å²) in [5, 5.41) is 5.75. The van der Waals surface area contributed by atoms with E-state index in [0.29, 0.717) is 13.2 Å². The summed E-state index contributed by atoms with van der Waals surface area (Å²) in [4.78, 5) is 14.0. The van der Waals surface area contributed by atoms with E-state index in [-0.39, 0.29) is 6.03 Å². The smallest absolute Gasteiger partial charge is 0.314 e. The first-order chi connectivity index (χ1) is 9.72. The lowest BCUT2D eigenvalue weighted by Crippen LogP contribution is -2.39. The van der Waals surface area contributed by atoms with Crippen molar-refractivity contribution in [2.24, 2.45) is 5.92 Å². The topological polar surface area (TPSA) is 53.6 Å². The first-order valence-electron chi connectivity index (χ1n) is 8.04. The fraction of sp³-hybridized carbons (Fsp3) is 0.933. The van der Waals surface area contributed by atoms with Gasteiger partial charge in [-0.05, 0) is 58.2 Å². The van der Waals surface area contributed by atoms with Crippen molar-refractivity contribution in [2.45, 2.75) is 39.5 Å². The second kappa shape index (κ2) is 10.9. The molecule has 5 nitrogen and oxygen atoms in total. The first-order valence-corrected chi connectivity index (χ1v) is 8.04. The van der Waals surface area contributed by atoms with Crippen molar-refractivity contribution in [1.82, 2.24) is 15.5 Å². The lowest BCUT2D eigenvalue weighted by Gasteiger charge is -2.30. The van der Waals surface area contributed by atoms with Gasteiger partial charge >= 0.3 is 6.03 Å². The van der Waals surface area contributed by atoms with Gasteiger partial charge in [0.15, 0.2) is 0 Å². The van der Waals surface area contributed by atoms with Gasteiger partial charge in [0.05, 0.1) is 0 Å². The molecule has 0 saturated carbocycles. The average Bonchev–Trinajstić information content (AvgIpc) is 2.45. The Morgan fingerprint density at radius 2 is 1.85 bits per heavy atom. The molecule has 0 atom stereocenters. The Morgan fingerprint density at radius 3 is 2.50 bits per heavy atom. The molecule has 1 rings (SSSR count). The van der Waals surface area contributed by atoms with Crippen molar-refractivity contribution >= 4 is 6.03 Å². The second-order valence-corrected chi connectivity index (χ2v) is 5.61. The molecule has 1 fully saturated rings. The van der Waals surface area contributed by atoms with Crippen molar-refractivity contribution < 1.29 is 9.53 Å². The Bertz CT molecular complexity index is 254. The number of hydrogen-bond acceptors (Lipinski definition) is 3. The van der Waals surface area contributed by atoms with Crippen molar-refractivity contribution in [3.05, 3.63) is 0 Å². The molecular formula is C15H31N3O2.